The van der Waals surface area contributed by atoms with Gasteiger partial charge in [-0.3, -0.25) is 4.79 Å². The number of carbonyl (C=O) groups excluding carboxylic acids is 1. The number of hydrogen-bond acceptors (Lipinski definition) is 7. The zero-order chi connectivity index (χ0) is 23.5. The number of hydrogen-bond donors (Lipinski definition) is 1. The SMILES string of the molecule is COc1ccc(-c2nc(Cn3nnc(C(=O)Nc4cccc(Cl)c4)c3C)c(C)o2)c(OC)c1. The van der Waals surface area contributed by atoms with Gasteiger partial charge >= 0.3 is 0 Å². The number of nitrogens with zero attached hydrogens (tertiary/aromatic N) is 4. The van der Waals surface area contributed by atoms with Crippen LogP contribution in [0, 0.1) is 13.8 Å². The largest absolute Gasteiger partial charge is 0.497 e. The minimum atomic E-state index is -0.374. The minimum absolute atomic E-state index is 0.216. The Bertz CT molecular complexity index is 1310. The molecule has 0 saturated carbocycles. The average Bonchev–Trinajstić information content (AvgIpc) is 3.35. The van der Waals surface area contributed by atoms with E-state index in [-0.39, 0.29) is 18.1 Å². The molecular formula is C23H22ClN5O4. The third-order valence-corrected chi connectivity index (χ3v) is 5.35. The van der Waals surface area contributed by atoms with E-state index in [1.165, 1.54) is 0 Å². The van der Waals surface area contributed by atoms with Crippen LogP contribution in [0.1, 0.15) is 27.6 Å². The van der Waals surface area contributed by atoms with Gasteiger partial charge in [-0.15, -0.1) is 5.10 Å². The Morgan fingerprint density at radius 1 is 1.15 bits per heavy atom. The van der Waals surface area contributed by atoms with Crippen LogP contribution in [-0.4, -0.2) is 40.1 Å². The van der Waals surface area contributed by atoms with Crippen molar-refractivity contribution < 1.29 is 18.7 Å². The molecule has 2 aromatic heterocycles. The first-order valence-electron chi connectivity index (χ1n) is 10.0. The van der Waals surface area contributed by atoms with E-state index in [9.17, 15) is 4.79 Å². The highest BCUT2D eigenvalue weighted by molar-refractivity contribution is 6.30. The maximum absolute atomic E-state index is 12.7. The Hall–Kier alpha value is -3.85. The highest BCUT2D eigenvalue weighted by Crippen LogP contribution is 2.33. The maximum atomic E-state index is 12.7. The average molecular weight is 468 g/mol. The molecule has 0 bridgehead atoms. The Morgan fingerprint density at radius 2 is 1.97 bits per heavy atom. The highest BCUT2D eigenvalue weighted by atomic mass is 35.5. The summed E-state index contributed by atoms with van der Waals surface area (Å²) < 4.78 is 18.2. The van der Waals surface area contributed by atoms with Crippen LogP contribution in [0.5, 0.6) is 11.5 Å². The van der Waals surface area contributed by atoms with Crippen LogP contribution in [-0.2, 0) is 6.54 Å². The van der Waals surface area contributed by atoms with Crippen molar-refractivity contribution in [3.63, 3.8) is 0 Å². The van der Waals surface area contributed by atoms with Crippen molar-refractivity contribution in [3.05, 3.63) is 70.3 Å². The third-order valence-electron chi connectivity index (χ3n) is 5.11. The van der Waals surface area contributed by atoms with Gasteiger partial charge in [0, 0.05) is 16.8 Å². The molecule has 0 fully saturated rings. The first kappa shape index (κ1) is 22.3. The summed E-state index contributed by atoms with van der Waals surface area (Å²) >= 11 is 5.98. The lowest BCUT2D eigenvalue weighted by molar-refractivity contribution is 0.102. The molecule has 33 heavy (non-hydrogen) atoms. The van der Waals surface area contributed by atoms with Gasteiger partial charge in [-0.05, 0) is 44.2 Å². The van der Waals surface area contributed by atoms with Crippen LogP contribution in [0.3, 0.4) is 0 Å². The summed E-state index contributed by atoms with van der Waals surface area (Å²) in [5.41, 5.74) is 2.75. The lowest BCUT2D eigenvalue weighted by Crippen LogP contribution is -2.14. The van der Waals surface area contributed by atoms with Crippen molar-refractivity contribution in [1.82, 2.24) is 20.0 Å². The molecule has 4 rings (SSSR count). The molecule has 0 aliphatic heterocycles. The molecule has 4 aromatic rings. The Morgan fingerprint density at radius 3 is 2.70 bits per heavy atom. The summed E-state index contributed by atoms with van der Waals surface area (Å²) in [7, 11) is 3.16. The number of ether oxygens (including phenoxy) is 2. The predicted molar refractivity (Wildman–Crippen MR) is 123 cm³/mol. The molecule has 1 amide bonds. The van der Waals surface area contributed by atoms with Gasteiger partial charge in [0.25, 0.3) is 5.91 Å². The number of nitrogens with one attached hydrogen (secondary N) is 1. The van der Waals surface area contributed by atoms with E-state index in [4.69, 9.17) is 25.5 Å². The van der Waals surface area contributed by atoms with Crippen LogP contribution in [0.25, 0.3) is 11.5 Å². The van der Waals surface area contributed by atoms with Gasteiger partial charge in [0.2, 0.25) is 5.89 Å². The standard InChI is InChI=1S/C23H22ClN5O4/c1-13-21(22(30)25-16-7-5-6-15(24)10-16)27-28-29(13)12-19-14(2)33-23(26-19)18-9-8-17(31-3)11-20(18)32-4/h5-11H,12H2,1-4H3,(H,25,30). The first-order valence-corrected chi connectivity index (χ1v) is 10.4. The molecule has 1 N–H and O–H groups in total. The van der Waals surface area contributed by atoms with Gasteiger partial charge < -0.3 is 19.2 Å². The fourth-order valence-corrected chi connectivity index (χ4v) is 3.47. The smallest absolute Gasteiger partial charge is 0.278 e. The number of benzene rings is 2. The molecule has 10 heteroatoms. The third kappa shape index (κ3) is 4.68. The van der Waals surface area contributed by atoms with Crippen molar-refractivity contribution in [2.45, 2.75) is 20.4 Å². The van der Waals surface area contributed by atoms with E-state index in [0.29, 0.717) is 50.8 Å². The second-order valence-corrected chi connectivity index (χ2v) is 7.67. The minimum Gasteiger partial charge on any atom is -0.497 e. The van der Waals surface area contributed by atoms with Crippen LogP contribution in [0.15, 0.2) is 46.9 Å². The molecule has 2 heterocycles. The molecule has 0 unspecified atom stereocenters. The first-order chi connectivity index (χ1) is 15.9. The Labute approximate surface area is 195 Å². The summed E-state index contributed by atoms with van der Waals surface area (Å²) in [6.07, 6.45) is 0. The van der Waals surface area contributed by atoms with Gasteiger partial charge in [0.15, 0.2) is 5.69 Å². The summed E-state index contributed by atoms with van der Waals surface area (Å²) in [5.74, 6) is 1.92. The summed E-state index contributed by atoms with van der Waals surface area (Å²) in [6, 6.07) is 12.3. The van der Waals surface area contributed by atoms with E-state index in [1.54, 1.807) is 56.2 Å². The number of oxazole rings is 1. The van der Waals surface area contributed by atoms with E-state index in [1.807, 2.05) is 19.1 Å². The van der Waals surface area contributed by atoms with Crippen molar-refractivity contribution in [2.75, 3.05) is 19.5 Å². The van der Waals surface area contributed by atoms with Gasteiger partial charge in [0.1, 0.15) is 23.0 Å². The van der Waals surface area contributed by atoms with Crippen LogP contribution in [0.4, 0.5) is 5.69 Å². The van der Waals surface area contributed by atoms with E-state index < -0.39 is 0 Å². The van der Waals surface area contributed by atoms with E-state index in [0.717, 1.165) is 0 Å². The zero-order valence-electron chi connectivity index (χ0n) is 18.5. The molecule has 0 aliphatic rings. The van der Waals surface area contributed by atoms with Crippen LogP contribution < -0.4 is 14.8 Å². The fraction of sp³-hybridized carbons (Fsp3) is 0.217. The molecule has 0 radical (unpaired) electrons. The van der Waals surface area contributed by atoms with Crippen molar-refractivity contribution in [3.8, 4) is 23.0 Å². The number of aromatic nitrogens is 4. The van der Waals surface area contributed by atoms with E-state index in [2.05, 4.69) is 20.6 Å². The zero-order valence-corrected chi connectivity index (χ0v) is 19.3. The second-order valence-electron chi connectivity index (χ2n) is 7.23. The molecule has 0 atom stereocenters. The Kier molecular flexibility index (Phi) is 6.32. The second kappa shape index (κ2) is 9.33. The van der Waals surface area contributed by atoms with Gasteiger partial charge in [-0.2, -0.15) is 0 Å². The van der Waals surface area contributed by atoms with Gasteiger partial charge in [0.05, 0.1) is 32.0 Å². The summed E-state index contributed by atoms with van der Waals surface area (Å²) in [4.78, 5) is 17.3. The molecule has 0 spiro atoms. The lowest BCUT2D eigenvalue weighted by atomic mass is 10.2. The summed E-state index contributed by atoms with van der Waals surface area (Å²) in [5, 5.41) is 11.5. The quantitative estimate of drug-likeness (QED) is 0.426. The topological polar surface area (TPSA) is 104 Å². The summed E-state index contributed by atoms with van der Waals surface area (Å²) in [6.45, 7) is 3.88. The number of amides is 1. The number of halogens is 1. The monoisotopic (exact) mass is 467 g/mol. The van der Waals surface area contributed by atoms with Crippen molar-refractivity contribution in [1.29, 1.82) is 0 Å². The lowest BCUT2D eigenvalue weighted by Gasteiger charge is -2.07. The maximum Gasteiger partial charge on any atom is 0.278 e. The Balaban J connectivity index is 1.56. The fourth-order valence-electron chi connectivity index (χ4n) is 3.28. The predicted octanol–water partition coefficient (Wildman–Crippen LogP) is 4.52. The number of rotatable bonds is 7. The molecule has 0 aliphatic carbocycles. The van der Waals surface area contributed by atoms with Gasteiger partial charge in [-0.25, -0.2) is 9.67 Å². The molecular weight excluding hydrogens is 446 g/mol. The number of methoxy groups -OCH3 is 2. The van der Waals surface area contributed by atoms with Gasteiger partial charge in [-0.1, -0.05) is 22.9 Å². The molecule has 9 nitrogen and oxygen atoms in total. The molecule has 0 saturated heterocycles. The highest BCUT2D eigenvalue weighted by Gasteiger charge is 2.20. The molecule has 170 valence electrons. The van der Waals surface area contributed by atoms with Crippen LogP contribution >= 0.6 is 11.6 Å². The number of anilines is 1. The number of aryl methyl sites for hydroxylation is 1. The number of carbonyl (C=O) groups is 1. The van der Waals surface area contributed by atoms with Crippen molar-refractivity contribution in [2.24, 2.45) is 0 Å². The molecule has 2 aromatic carbocycles. The van der Waals surface area contributed by atoms with E-state index >= 15 is 0 Å². The van der Waals surface area contributed by atoms with Crippen molar-refractivity contribution >= 4 is 23.2 Å². The van der Waals surface area contributed by atoms with Crippen LogP contribution in [0.2, 0.25) is 5.02 Å². The normalized spacial score (nSPS) is 10.8.